The van der Waals surface area contributed by atoms with Gasteiger partial charge in [0.05, 0.1) is 18.3 Å². The molecule has 0 bridgehead atoms. The van der Waals surface area contributed by atoms with E-state index in [1.807, 2.05) is 60.7 Å². The van der Waals surface area contributed by atoms with Crippen LogP contribution in [-0.4, -0.2) is 18.5 Å². The largest absolute Gasteiger partial charge is 0.496 e. The van der Waals surface area contributed by atoms with E-state index in [0.717, 1.165) is 21.4 Å². The molecule has 2 N–H and O–H groups in total. The highest BCUT2D eigenvalue weighted by Gasteiger charge is 2.08. The fourth-order valence-corrected chi connectivity index (χ4v) is 3.99. The van der Waals surface area contributed by atoms with Gasteiger partial charge in [-0.1, -0.05) is 69.6 Å². The molecule has 3 aromatic carbocycles. The van der Waals surface area contributed by atoms with Crippen molar-refractivity contribution in [3.63, 3.8) is 0 Å². The van der Waals surface area contributed by atoms with Crippen molar-refractivity contribution in [3.8, 4) is 11.5 Å². The third-order valence-corrected chi connectivity index (χ3v) is 5.82. The summed E-state index contributed by atoms with van der Waals surface area (Å²) < 4.78 is 12.2. The maximum atomic E-state index is 6.23. The van der Waals surface area contributed by atoms with Crippen LogP contribution in [0.3, 0.4) is 0 Å². The zero-order valence-corrected chi connectivity index (χ0v) is 20.0. The maximum absolute atomic E-state index is 6.23. The summed E-state index contributed by atoms with van der Waals surface area (Å²) in [6.07, 6.45) is 1.64. The first-order chi connectivity index (χ1) is 15.0. The number of thioether (sulfide) groups is 1. The highest BCUT2D eigenvalue weighted by Crippen LogP contribution is 2.29. The average Bonchev–Trinajstić information content (AvgIpc) is 2.78. The highest BCUT2D eigenvalue weighted by molar-refractivity contribution is 9.10. The summed E-state index contributed by atoms with van der Waals surface area (Å²) >= 11 is 11.1. The lowest BCUT2D eigenvalue weighted by atomic mass is 10.1. The Morgan fingerprint density at radius 3 is 2.61 bits per heavy atom. The van der Waals surface area contributed by atoms with Gasteiger partial charge in [0.15, 0.2) is 5.17 Å². The van der Waals surface area contributed by atoms with Crippen molar-refractivity contribution < 1.29 is 9.47 Å². The first-order valence-corrected chi connectivity index (χ1v) is 11.5. The van der Waals surface area contributed by atoms with Gasteiger partial charge in [-0.3, -0.25) is 0 Å². The number of nitrogens with two attached hydrogens (primary N) is 1. The second-order valence-corrected chi connectivity index (χ2v) is 8.71. The van der Waals surface area contributed by atoms with Crippen LogP contribution in [0.4, 0.5) is 0 Å². The van der Waals surface area contributed by atoms with E-state index in [0.29, 0.717) is 28.3 Å². The van der Waals surface area contributed by atoms with Gasteiger partial charge in [-0.25, -0.2) is 0 Å². The Labute approximate surface area is 199 Å². The van der Waals surface area contributed by atoms with Gasteiger partial charge in [0.2, 0.25) is 0 Å². The van der Waals surface area contributed by atoms with Crippen molar-refractivity contribution in [2.75, 3.05) is 7.11 Å². The summed E-state index contributed by atoms with van der Waals surface area (Å²) in [5.41, 5.74) is 8.84. The fraction of sp³-hybridized carbons (Fsp3) is 0.130. The monoisotopic (exact) mass is 517 g/mol. The quantitative estimate of drug-likeness (QED) is 0.217. The van der Waals surface area contributed by atoms with Crippen LogP contribution in [-0.2, 0) is 12.4 Å². The van der Waals surface area contributed by atoms with Gasteiger partial charge in [0.25, 0.3) is 0 Å². The Morgan fingerprint density at radius 2 is 1.87 bits per heavy atom. The lowest BCUT2D eigenvalue weighted by molar-refractivity contribution is 0.297. The zero-order valence-electron chi connectivity index (χ0n) is 16.8. The number of ether oxygens (including phenoxy) is 2. The first kappa shape index (κ1) is 23.2. The number of nitrogens with zero attached hydrogens (tertiary/aromatic N) is 2. The third kappa shape index (κ3) is 7.31. The Morgan fingerprint density at radius 1 is 1.10 bits per heavy atom. The molecule has 0 aromatic heterocycles. The van der Waals surface area contributed by atoms with Crippen molar-refractivity contribution >= 4 is 50.7 Å². The molecule has 0 aliphatic heterocycles. The van der Waals surface area contributed by atoms with Crippen LogP contribution in [0.5, 0.6) is 11.5 Å². The molecule has 3 rings (SSSR count). The number of halogens is 2. The smallest absolute Gasteiger partial charge is 0.180 e. The lowest BCUT2D eigenvalue weighted by Crippen LogP contribution is -2.06. The predicted octanol–water partition coefficient (Wildman–Crippen LogP) is 6.27. The molecule has 0 saturated heterocycles. The summed E-state index contributed by atoms with van der Waals surface area (Å²) in [6.45, 7) is 0.296. The molecule has 31 heavy (non-hydrogen) atoms. The molecule has 160 valence electrons. The maximum Gasteiger partial charge on any atom is 0.180 e. The number of hydrogen-bond acceptors (Lipinski definition) is 5. The Hall–Kier alpha value is -2.48. The molecule has 0 amide bonds. The highest BCUT2D eigenvalue weighted by atomic mass is 79.9. The van der Waals surface area contributed by atoms with E-state index >= 15 is 0 Å². The first-order valence-electron chi connectivity index (χ1n) is 9.33. The van der Waals surface area contributed by atoms with E-state index in [9.17, 15) is 0 Å². The van der Waals surface area contributed by atoms with E-state index in [-0.39, 0.29) is 0 Å². The number of amidine groups is 1. The number of benzene rings is 3. The van der Waals surface area contributed by atoms with Crippen LogP contribution in [0.15, 0.2) is 81.4 Å². The molecule has 0 atom stereocenters. The molecule has 0 unspecified atom stereocenters. The van der Waals surface area contributed by atoms with Gasteiger partial charge in [-0.15, -0.1) is 5.10 Å². The van der Waals surface area contributed by atoms with E-state index in [1.54, 1.807) is 19.4 Å². The number of rotatable bonds is 8. The zero-order chi connectivity index (χ0) is 22.1. The second kappa shape index (κ2) is 11.8. The Bertz CT molecular complexity index is 1080. The second-order valence-electron chi connectivity index (χ2n) is 6.39. The molecule has 3 aromatic rings. The van der Waals surface area contributed by atoms with E-state index < -0.39 is 0 Å². The molecule has 0 aliphatic rings. The topological polar surface area (TPSA) is 69.2 Å². The van der Waals surface area contributed by atoms with Crippen LogP contribution in [0, 0.1) is 0 Å². The van der Waals surface area contributed by atoms with Gasteiger partial charge >= 0.3 is 0 Å². The standard InChI is InChI=1S/C23H21BrClN3O2S/c1-29-21-9-7-17(11-18(21)14-30-22-10-8-19(24)12-20(22)25)13-27-28-23(26)31-15-16-5-3-2-4-6-16/h2-13H,14-15H2,1H3,(H2,26,28). The molecule has 0 spiro atoms. The van der Waals surface area contributed by atoms with E-state index in [2.05, 4.69) is 26.1 Å². The summed E-state index contributed by atoms with van der Waals surface area (Å²) in [7, 11) is 1.62. The van der Waals surface area contributed by atoms with Gasteiger partial charge in [-0.05, 0) is 47.5 Å². The fourth-order valence-electron chi connectivity index (χ4n) is 2.65. The van der Waals surface area contributed by atoms with Crippen molar-refractivity contribution in [2.45, 2.75) is 12.4 Å². The minimum atomic E-state index is 0.296. The molecular weight excluding hydrogens is 498 g/mol. The molecule has 0 radical (unpaired) electrons. The molecule has 0 saturated carbocycles. The summed E-state index contributed by atoms with van der Waals surface area (Å²) in [5, 5.41) is 9.10. The van der Waals surface area contributed by atoms with Crippen molar-refractivity contribution in [3.05, 3.63) is 92.9 Å². The molecule has 0 aliphatic carbocycles. The van der Waals surface area contributed by atoms with Crippen LogP contribution in [0.2, 0.25) is 5.02 Å². The van der Waals surface area contributed by atoms with Crippen molar-refractivity contribution in [2.24, 2.45) is 15.9 Å². The van der Waals surface area contributed by atoms with E-state index in [1.165, 1.54) is 17.3 Å². The summed E-state index contributed by atoms with van der Waals surface area (Å²) in [6, 6.07) is 21.2. The summed E-state index contributed by atoms with van der Waals surface area (Å²) in [5.74, 6) is 2.06. The SMILES string of the molecule is COc1ccc(C=NN=C(N)SCc2ccccc2)cc1COc1ccc(Br)cc1Cl. The molecule has 0 heterocycles. The van der Waals surface area contributed by atoms with Crippen LogP contribution >= 0.6 is 39.3 Å². The van der Waals surface area contributed by atoms with Gasteiger partial charge < -0.3 is 15.2 Å². The van der Waals surface area contributed by atoms with Crippen LogP contribution in [0.25, 0.3) is 0 Å². The minimum Gasteiger partial charge on any atom is -0.496 e. The number of hydrogen-bond donors (Lipinski definition) is 1. The van der Waals surface area contributed by atoms with Gasteiger partial charge in [-0.2, -0.15) is 5.10 Å². The van der Waals surface area contributed by atoms with Crippen LogP contribution < -0.4 is 15.2 Å². The summed E-state index contributed by atoms with van der Waals surface area (Å²) in [4.78, 5) is 0. The lowest BCUT2D eigenvalue weighted by Gasteiger charge is -2.12. The average molecular weight is 519 g/mol. The van der Waals surface area contributed by atoms with Crippen molar-refractivity contribution in [1.29, 1.82) is 0 Å². The van der Waals surface area contributed by atoms with Crippen LogP contribution in [0.1, 0.15) is 16.7 Å². The van der Waals surface area contributed by atoms with Crippen molar-refractivity contribution in [1.82, 2.24) is 0 Å². The molecule has 5 nitrogen and oxygen atoms in total. The predicted molar refractivity (Wildman–Crippen MR) is 133 cm³/mol. The normalized spacial score (nSPS) is 11.6. The van der Waals surface area contributed by atoms with Gasteiger partial charge in [0, 0.05) is 15.8 Å². The number of methoxy groups -OCH3 is 1. The Balaban J connectivity index is 1.63. The minimum absolute atomic E-state index is 0.296. The van der Waals surface area contributed by atoms with Gasteiger partial charge in [0.1, 0.15) is 18.1 Å². The molecule has 8 heteroatoms. The molecule has 0 fully saturated rings. The third-order valence-electron chi connectivity index (χ3n) is 4.17. The van der Waals surface area contributed by atoms with E-state index in [4.69, 9.17) is 26.8 Å². The Kier molecular flexibility index (Phi) is 8.82. The molecular formula is C23H21BrClN3O2S.